The number of fused-ring (bicyclic) bond motifs is 1. The van der Waals surface area contributed by atoms with Crippen molar-refractivity contribution >= 4 is 27.5 Å². The van der Waals surface area contributed by atoms with Gasteiger partial charge >= 0.3 is 0 Å². The maximum atomic E-state index is 11.3. The monoisotopic (exact) mass is 294 g/mol. The van der Waals surface area contributed by atoms with Crippen LogP contribution in [-0.2, 0) is 4.79 Å². The SMILES string of the molecule is O=C1CC(c2ccc(-c3ccc4scnc4c3)cc2)CN1. The third-order valence-corrected chi connectivity index (χ3v) is 4.83. The van der Waals surface area contributed by atoms with E-state index in [1.165, 1.54) is 21.4 Å². The molecule has 1 aliphatic rings. The number of thiazole rings is 1. The van der Waals surface area contributed by atoms with Crippen molar-refractivity contribution in [2.75, 3.05) is 6.54 Å². The molecule has 1 aliphatic heterocycles. The van der Waals surface area contributed by atoms with E-state index in [-0.39, 0.29) is 5.91 Å². The maximum absolute atomic E-state index is 11.3. The minimum atomic E-state index is 0.151. The Labute approximate surface area is 126 Å². The van der Waals surface area contributed by atoms with Crippen molar-refractivity contribution in [1.29, 1.82) is 0 Å². The van der Waals surface area contributed by atoms with E-state index in [2.05, 4.69) is 52.8 Å². The number of amides is 1. The molecule has 1 atom stereocenters. The first-order chi connectivity index (χ1) is 10.3. The van der Waals surface area contributed by atoms with Gasteiger partial charge in [-0.15, -0.1) is 11.3 Å². The van der Waals surface area contributed by atoms with Gasteiger partial charge in [-0.05, 0) is 28.8 Å². The zero-order valence-electron chi connectivity index (χ0n) is 11.4. The number of hydrogen-bond acceptors (Lipinski definition) is 3. The predicted octanol–water partition coefficient (Wildman–Crippen LogP) is 3.57. The normalized spacial score (nSPS) is 18.1. The molecular formula is C17H14N2OS. The van der Waals surface area contributed by atoms with Crippen LogP contribution in [-0.4, -0.2) is 17.4 Å². The molecule has 1 amide bonds. The van der Waals surface area contributed by atoms with Gasteiger partial charge in [-0.1, -0.05) is 30.3 Å². The zero-order valence-corrected chi connectivity index (χ0v) is 12.2. The molecule has 1 saturated heterocycles. The lowest BCUT2D eigenvalue weighted by atomic mass is 9.95. The van der Waals surface area contributed by atoms with E-state index >= 15 is 0 Å². The summed E-state index contributed by atoms with van der Waals surface area (Å²) in [6.45, 7) is 0.753. The number of nitrogens with zero attached hydrogens (tertiary/aromatic N) is 1. The summed E-state index contributed by atoms with van der Waals surface area (Å²) in [5.41, 5.74) is 6.52. The van der Waals surface area contributed by atoms with Crippen molar-refractivity contribution in [3.8, 4) is 11.1 Å². The molecule has 21 heavy (non-hydrogen) atoms. The fourth-order valence-electron chi connectivity index (χ4n) is 2.83. The molecule has 0 radical (unpaired) electrons. The first-order valence-corrected chi connectivity index (χ1v) is 7.88. The minimum Gasteiger partial charge on any atom is -0.355 e. The van der Waals surface area contributed by atoms with Crippen LogP contribution in [0.5, 0.6) is 0 Å². The smallest absolute Gasteiger partial charge is 0.220 e. The topological polar surface area (TPSA) is 42.0 Å². The van der Waals surface area contributed by atoms with Crippen molar-refractivity contribution in [2.24, 2.45) is 0 Å². The van der Waals surface area contributed by atoms with Crippen LogP contribution in [0.25, 0.3) is 21.3 Å². The molecule has 3 nitrogen and oxygen atoms in total. The Bertz CT molecular complexity index is 807. The van der Waals surface area contributed by atoms with Gasteiger partial charge < -0.3 is 5.32 Å². The molecule has 0 spiro atoms. The summed E-state index contributed by atoms with van der Waals surface area (Å²) in [4.78, 5) is 15.7. The van der Waals surface area contributed by atoms with Crippen LogP contribution in [0.2, 0.25) is 0 Å². The average Bonchev–Trinajstić information content (AvgIpc) is 3.15. The van der Waals surface area contributed by atoms with Gasteiger partial charge in [0, 0.05) is 18.9 Å². The van der Waals surface area contributed by atoms with E-state index in [1.54, 1.807) is 11.3 Å². The third-order valence-electron chi connectivity index (χ3n) is 4.02. The van der Waals surface area contributed by atoms with Gasteiger partial charge in [-0.3, -0.25) is 4.79 Å². The van der Waals surface area contributed by atoms with Crippen LogP contribution in [0.15, 0.2) is 48.0 Å². The van der Waals surface area contributed by atoms with E-state index in [0.29, 0.717) is 12.3 Å². The number of hydrogen-bond donors (Lipinski definition) is 1. The molecule has 2 aromatic carbocycles. The number of nitrogens with one attached hydrogen (secondary N) is 1. The average molecular weight is 294 g/mol. The highest BCUT2D eigenvalue weighted by Gasteiger charge is 2.22. The van der Waals surface area contributed by atoms with E-state index in [4.69, 9.17) is 0 Å². The van der Waals surface area contributed by atoms with Crippen LogP contribution in [0.4, 0.5) is 0 Å². The number of aromatic nitrogens is 1. The number of rotatable bonds is 2. The fraction of sp³-hybridized carbons (Fsp3) is 0.176. The van der Waals surface area contributed by atoms with Gasteiger partial charge in [0.15, 0.2) is 0 Å². The Kier molecular flexibility index (Phi) is 2.97. The van der Waals surface area contributed by atoms with Crippen LogP contribution in [0.3, 0.4) is 0 Å². The van der Waals surface area contributed by atoms with Gasteiger partial charge in [-0.25, -0.2) is 4.98 Å². The molecule has 4 rings (SSSR count). The number of carbonyl (C=O) groups is 1. The number of benzene rings is 2. The van der Waals surface area contributed by atoms with Crippen LogP contribution < -0.4 is 5.32 Å². The molecule has 104 valence electrons. The molecule has 1 N–H and O–H groups in total. The second-order valence-corrected chi connectivity index (χ2v) is 6.25. The highest BCUT2D eigenvalue weighted by molar-refractivity contribution is 7.16. The summed E-state index contributed by atoms with van der Waals surface area (Å²) in [7, 11) is 0. The summed E-state index contributed by atoms with van der Waals surface area (Å²) >= 11 is 1.66. The van der Waals surface area contributed by atoms with E-state index < -0.39 is 0 Å². The Morgan fingerprint density at radius 1 is 1.10 bits per heavy atom. The number of carbonyl (C=O) groups excluding carboxylic acids is 1. The quantitative estimate of drug-likeness (QED) is 0.785. The maximum Gasteiger partial charge on any atom is 0.220 e. The highest BCUT2D eigenvalue weighted by atomic mass is 32.1. The molecule has 1 fully saturated rings. The molecule has 1 unspecified atom stereocenters. The van der Waals surface area contributed by atoms with Gasteiger partial charge in [-0.2, -0.15) is 0 Å². The molecule has 3 aromatic rings. The summed E-state index contributed by atoms with van der Waals surface area (Å²) in [5.74, 6) is 0.464. The lowest BCUT2D eigenvalue weighted by Gasteiger charge is -2.09. The molecule has 1 aromatic heterocycles. The third kappa shape index (κ3) is 2.32. The predicted molar refractivity (Wildman–Crippen MR) is 85.4 cm³/mol. The van der Waals surface area contributed by atoms with E-state index in [0.717, 1.165) is 12.1 Å². The van der Waals surface area contributed by atoms with Gasteiger partial charge in [0.25, 0.3) is 0 Å². The fourth-order valence-corrected chi connectivity index (χ4v) is 3.48. The van der Waals surface area contributed by atoms with Crippen molar-refractivity contribution in [2.45, 2.75) is 12.3 Å². The summed E-state index contributed by atoms with van der Waals surface area (Å²) in [6, 6.07) is 14.9. The van der Waals surface area contributed by atoms with Gasteiger partial charge in [0.2, 0.25) is 5.91 Å². The first kappa shape index (κ1) is 12.5. The Hall–Kier alpha value is -2.20. The Morgan fingerprint density at radius 2 is 1.90 bits per heavy atom. The van der Waals surface area contributed by atoms with Crippen LogP contribution in [0, 0.1) is 0 Å². The molecule has 0 aliphatic carbocycles. The summed E-state index contributed by atoms with van der Waals surface area (Å²) in [6.07, 6.45) is 0.601. The zero-order chi connectivity index (χ0) is 14.2. The molecule has 0 bridgehead atoms. The molecule has 2 heterocycles. The Balaban J connectivity index is 1.64. The van der Waals surface area contributed by atoms with Crippen LogP contribution in [0.1, 0.15) is 17.9 Å². The van der Waals surface area contributed by atoms with Gasteiger partial charge in [0.05, 0.1) is 15.7 Å². The lowest BCUT2D eigenvalue weighted by Crippen LogP contribution is -2.13. The lowest BCUT2D eigenvalue weighted by molar-refractivity contribution is -0.119. The van der Waals surface area contributed by atoms with Crippen molar-refractivity contribution in [1.82, 2.24) is 10.3 Å². The Morgan fingerprint density at radius 3 is 2.67 bits per heavy atom. The van der Waals surface area contributed by atoms with Gasteiger partial charge in [0.1, 0.15) is 0 Å². The van der Waals surface area contributed by atoms with E-state index in [1.807, 2.05) is 5.51 Å². The second kappa shape index (κ2) is 4.97. The largest absolute Gasteiger partial charge is 0.355 e. The van der Waals surface area contributed by atoms with Crippen molar-refractivity contribution in [3.05, 3.63) is 53.5 Å². The standard InChI is InChI=1S/C17H14N2OS/c20-17-8-14(9-18-17)12-3-1-11(2-4-12)13-5-6-16-15(7-13)19-10-21-16/h1-7,10,14H,8-9H2,(H,18,20). The molecule has 0 saturated carbocycles. The molecular weight excluding hydrogens is 280 g/mol. The summed E-state index contributed by atoms with van der Waals surface area (Å²) in [5, 5.41) is 2.89. The highest BCUT2D eigenvalue weighted by Crippen LogP contribution is 2.28. The van der Waals surface area contributed by atoms with E-state index in [9.17, 15) is 4.79 Å². The first-order valence-electron chi connectivity index (χ1n) is 7.00. The summed E-state index contributed by atoms with van der Waals surface area (Å²) < 4.78 is 1.21. The minimum absolute atomic E-state index is 0.151. The molecule has 4 heteroatoms. The van der Waals surface area contributed by atoms with Crippen molar-refractivity contribution in [3.63, 3.8) is 0 Å². The second-order valence-electron chi connectivity index (χ2n) is 5.36. The van der Waals surface area contributed by atoms with Crippen LogP contribution >= 0.6 is 11.3 Å². The van der Waals surface area contributed by atoms with Crippen molar-refractivity contribution < 1.29 is 4.79 Å².